The normalized spacial score (nSPS) is 29.8. The standard InChI is InChI=1S/C24H35N3O2/c1-27(2)16-18-5-3-17(4-6-18)14-25-23(29)15-26-22(28)13-24-10-19-7-20(11-24)9-21(8-19)12-24/h3-6,19-21H,7-16H2,1-2H3,(H,25,29)(H,26,28). The lowest BCUT2D eigenvalue weighted by atomic mass is 9.49. The Morgan fingerprint density at radius 3 is 2.00 bits per heavy atom. The average Bonchev–Trinajstić information content (AvgIpc) is 2.64. The van der Waals surface area contributed by atoms with Crippen molar-refractivity contribution in [2.24, 2.45) is 23.2 Å². The van der Waals surface area contributed by atoms with Crippen molar-refractivity contribution in [1.82, 2.24) is 15.5 Å². The van der Waals surface area contributed by atoms with Crippen molar-refractivity contribution < 1.29 is 9.59 Å². The summed E-state index contributed by atoms with van der Waals surface area (Å²) < 4.78 is 0. The highest BCUT2D eigenvalue weighted by molar-refractivity contribution is 5.84. The SMILES string of the molecule is CN(C)Cc1ccc(CNC(=O)CNC(=O)CC23CC4CC(CC(C4)C2)C3)cc1. The summed E-state index contributed by atoms with van der Waals surface area (Å²) >= 11 is 0. The summed E-state index contributed by atoms with van der Waals surface area (Å²) in [6.07, 6.45) is 8.45. The van der Waals surface area contributed by atoms with Crippen molar-refractivity contribution in [3.05, 3.63) is 35.4 Å². The largest absolute Gasteiger partial charge is 0.350 e. The molecule has 0 aromatic heterocycles. The maximum atomic E-state index is 12.5. The van der Waals surface area contributed by atoms with E-state index in [1.54, 1.807) is 0 Å². The van der Waals surface area contributed by atoms with E-state index >= 15 is 0 Å². The van der Waals surface area contributed by atoms with E-state index in [1.165, 1.54) is 44.1 Å². The van der Waals surface area contributed by atoms with Crippen molar-refractivity contribution in [2.45, 2.75) is 58.0 Å². The number of nitrogens with one attached hydrogen (secondary N) is 2. The predicted molar refractivity (Wildman–Crippen MR) is 114 cm³/mol. The number of carbonyl (C=O) groups is 2. The molecule has 0 saturated heterocycles. The highest BCUT2D eigenvalue weighted by Gasteiger charge is 2.51. The van der Waals surface area contributed by atoms with E-state index in [2.05, 4.69) is 27.7 Å². The van der Waals surface area contributed by atoms with Gasteiger partial charge in [-0.25, -0.2) is 0 Å². The van der Waals surface area contributed by atoms with Crippen LogP contribution in [0.25, 0.3) is 0 Å². The predicted octanol–water partition coefficient (Wildman–Crippen LogP) is 3.09. The molecule has 1 aromatic carbocycles. The van der Waals surface area contributed by atoms with E-state index in [-0.39, 0.29) is 23.8 Å². The topological polar surface area (TPSA) is 61.4 Å². The molecule has 2 amide bonds. The average molecular weight is 398 g/mol. The summed E-state index contributed by atoms with van der Waals surface area (Å²) in [5.74, 6) is 2.47. The highest BCUT2D eigenvalue weighted by atomic mass is 16.2. The summed E-state index contributed by atoms with van der Waals surface area (Å²) in [5.41, 5.74) is 2.55. The molecule has 4 aliphatic rings. The Morgan fingerprint density at radius 1 is 0.897 bits per heavy atom. The van der Waals surface area contributed by atoms with Crippen molar-refractivity contribution in [3.8, 4) is 0 Å². The molecular weight excluding hydrogens is 362 g/mol. The molecule has 0 heterocycles. The molecule has 5 nitrogen and oxygen atoms in total. The zero-order valence-corrected chi connectivity index (χ0v) is 17.9. The van der Waals surface area contributed by atoms with Gasteiger partial charge in [0.05, 0.1) is 6.54 Å². The molecule has 0 aliphatic heterocycles. The second kappa shape index (κ2) is 8.47. The van der Waals surface area contributed by atoms with E-state index in [9.17, 15) is 9.59 Å². The Balaban J connectivity index is 1.18. The minimum Gasteiger partial charge on any atom is -0.350 e. The summed E-state index contributed by atoms with van der Waals surface area (Å²) in [5, 5.41) is 5.78. The third-order valence-electron chi connectivity index (χ3n) is 7.16. The molecule has 29 heavy (non-hydrogen) atoms. The molecular formula is C24H35N3O2. The minimum atomic E-state index is -0.124. The van der Waals surface area contributed by atoms with Gasteiger partial charge in [-0.3, -0.25) is 9.59 Å². The van der Waals surface area contributed by atoms with Gasteiger partial charge in [-0.2, -0.15) is 0 Å². The second-order valence-corrected chi connectivity index (χ2v) is 10.2. The molecule has 4 saturated carbocycles. The van der Waals surface area contributed by atoms with E-state index in [4.69, 9.17) is 0 Å². The Bertz CT molecular complexity index is 706. The van der Waals surface area contributed by atoms with Crippen LogP contribution in [0.2, 0.25) is 0 Å². The van der Waals surface area contributed by atoms with Gasteiger partial charge in [-0.1, -0.05) is 24.3 Å². The maximum absolute atomic E-state index is 12.5. The van der Waals surface area contributed by atoms with Gasteiger partial charge in [0.2, 0.25) is 11.8 Å². The number of rotatable bonds is 8. The van der Waals surface area contributed by atoms with Gasteiger partial charge < -0.3 is 15.5 Å². The first-order valence-electron chi connectivity index (χ1n) is 11.2. The van der Waals surface area contributed by atoms with Crippen LogP contribution in [0.1, 0.15) is 56.1 Å². The number of amides is 2. The third kappa shape index (κ3) is 5.19. The van der Waals surface area contributed by atoms with Crippen LogP contribution in [0.4, 0.5) is 0 Å². The molecule has 158 valence electrons. The molecule has 4 aliphatic carbocycles. The van der Waals surface area contributed by atoms with Crippen LogP contribution in [-0.2, 0) is 22.7 Å². The number of hydrogen-bond donors (Lipinski definition) is 2. The van der Waals surface area contributed by atoms with Crippen molar-refractivity contribution in [1.29, 1.82) is 0 Å². The summed E-state index contributed by atoms with van der Waals surface area (Å²) in [7, 11) is 4.09. The van der Waals surface area contributed by atoms with Gasteiger partial charge in [-0.15, -0.1) is 0 Å². The number of benzene rings is 1. The van der Waals surface area contributed by atoms with Crippen LogP contribution in [0.5, 0.6) is 0 Å². The van der Waals surface area contributed by atoms with Gasteiger partial charge in [0.25, 0.3) is 0 Å². The fraction of sp³-hybridized carbons (Fsp3) is 0.667. The molecule has 0 radical (unpaired) electrons. The Morgan fingerprint density at radius 2 is 1.45 bits per heavy atom. The second-order valence-electron chi connectivity index (χ2n) is 10.2. The highest BCUT2D eigenvalue weighted by Crippen LogP contribution is 2.61. The lowest BCUT2D eigenvalue weighted by Gasteiger charge is -2.56. The number of carbonyl (C=O) groups excluding carboxylic acids is 2. The lowest BCUT2D eigenvalue weighted by molar-refractivity contribution is -0.131. The lowest BCUT2D eigenvalue weighted by Crippen LogP contribution is -2.48. The monoisotopic (exact) mass is 397 g/mol. The smallest absolute Gasteiger partial charge is 0.239 e. The van der Waals surface area contributed by atoms with Crippen molar-refractivity contribution in [2.75, 3.05) is 20.6 Å². The zero-order valence-electron chi connectivity index (χ0n) is 17.9. The van der Waals surface area contributed by atoms with Crippen LogP contribution in [-0.4, -0.2) is 37.4 Å². The summed E-state index contributed by atoms with van der Waals surface area (Å²) in [6, 6.07) is 8.28. The Kier molecular flexibility index (Phi) is 5.95. The Hall–Kier alpha value is -1.88. The molecule has 4 fully saturated rings. The fourth-order valence-corrected chi connectivity index (χ4v) is 6.48. The number of hydrogen-bond acceptors (Lipinski definition) is 3. The molecule has 1 aromatic rings. The van der Waals surface area contributed by atoms with Crippen LogP contribution in [0.3, 0.4) is 0 Å². The Labute approximate surface area is 174 Å². The molecule has 2 N–H and O–H groups in total. The molecule has 0 atom stereocenters. The van der Waals surface area contributed by atoms with E-state index in [0.717, 1.165) is 29.9 Å². The van der Waals surface area contributed by atoms with Crippen molar-refractivity contribution in [3.63, 3.8) is 0 Å². The van der Waals surface area contributed by atoms with Crippen LogP contribution >= 0.6 is 0 Å². The first kappa shape index (κ1) is 20.4. The van der Waals surface area contributed by atoms with Gasteiger partial charge >= 0.3 is 0 Å². The van der Waals surface area contributed by atoms with Gasteiger partial charge in [0.15, 0.2) is 0 Å². The molecule has 4 bridgehead atoms. The third-order valence-corrected chi connectivity index (χ3v) is 7.16. The maximum Gasteiger partial charge on any atom is 0.239 e. The van der Waals surface area contributed by atoms with E-state index in [1.807, 2.05) is 26.2 Å². The molecule has 0 spiro atoms. The molecule has 5 rings (SSSR count). The van der Waals surface area contributed by atoms with Gasteiger partial charge in [-0.05, 0) is 86.9 Å². The first-order chi connectivity index (χ1) is 13.9. The zero-order chi connectivity index (χ0) is 20.4. The van der Waals surface area contributed by atoms with E-state index in [0.29, 0.717) is 13.0 Å². The molecule has 0 unspecified atom stereocenters. The first-order valence-corrected chi connectivity index (χ1v) is 11.2. The van der Waals surface area contributed by atoms with Crippen LogP contribution in [0.15, 0.2) is 24.3 Å². The van der Waals surface area contributed by atoms with Crippen LogP contribution < -0.4 is 10.6 Å². The minimum absolute atomic E-state index is 0.0511. The van der Waals surface area contributed by atoms with Crippen LogP contribution in [0, 0.1) is 23.2 Å². The number of nitrogens with zero attached hydrogens (tertiary/aromatic N) is 1. The van der Waals surface area contributed by atoms with Gasteiger partial charge in [0, 0.05) is 19.5 Å². The van der Waals surface area contributed by atoms with Crippen molar-refractivity contribution >= 4 is 11.8 Å². The fourth-order valence-electron chi connectivity index (χ4n) is 6.48. The van der Waals surface area contributed by atoms with E-state index < -0.39 is 0 Å². The summed E-state index contributed by atoms with van der Waals surface area (Å²) in [4.78, 5) is 26.8. The quantitative estimate of drug-likeness (QED) is 0.709. The van der Waals surface area contributed by atoms with Gasteiger partial charge in [0.1, 0.15) is 0 Å². The summed E-state index contributed by atoms with van der Waals surface area (Å²) in [6.45, 7) is 1.47. The molecule has 5 heteroatoms.